The molecule has 6 nitrogen and oxygen atoms in total. The molecule has 0 radical (unpaired) electrons. The number of nitro groups is 1. The van der Waals surface area contributed by atoms with Gasteiger partial charge in [-0.15, -0.1) is 0 Å². The van der Waals surface area contributed by atoms with Crippen molar-refractivity contribution in [3.63, 3.8) is 0 Å². The van der Waals surface area contributed by atoms with E-state index in [9.17, 15) is 10.1 Å². The van der Waals surface area contributed by atoms with Crippen molar-refractivity contribution in [2.45, 2.75) is 13.0 Å². The highest BCUT2D eigenvalue weighted by Crippen LogP contribution is 2.32. The fourth-order valence-electron chi connectivity index (χ4n) is 2.95. The zero-order chi connectivity index (χ0) is 17.4. The Bertz CT molecular complexity index is 1050. The van der Waals surface area contributed by atoms with E-state index in [-0.39, 0.29) is 11.7 Å². The third-order valence-corrected chi connectivity index (χ3v) is 4.19. The smallest absolute Gasteiger partial charge is 0.278 e. The first-order chi connectivity index (χ1) is 12.1. The average Bonchev–Trinajstić information content (AvgIpc) is 3.06. The molecule has 0 saturated heterocycles. The molecule has 0 aliphatic rings. The number of fused-ring (bicyclic) bond motifs is 2. The van der Waals surface area contributed by atoms with Crippen LogP contribution in [0.1, 0.15) is 18.7 Å². The first kappa shape index (κ1) is 15.1. The Balaban J connectivity index is 1.73. The minimum atomic E-state index is -0.392. The average molecular weight is 333 g/mol. The Morgan fingerprint density at radius 3 is 2.80 bits per heavy atom. The minimum Gasteiger partial charge on any atom is -0.459 e. The molecule has 0 amide bonds. The second-order valence-electron chi connectivity index (χ2n) is 5.84. The fraction of sp³-hybridized carbons (Fsp3) is 0.105. The van der Waals surface area contributed by atoms with E-state index in [1.165, 1.54) is 6.07 Å². The molecule has 0 spiro atoms. The van der Waals surface area contributed by atoms with Gasteiger partial charge in [0, 0.05) is 17.6 Å². The number of nitrogens with one attached hydrogen (secondary N) is 1. The maximum absolute atomic E-state index is 11.2. The summed E-state index contributed by atoms with van der Waals surface area (Å²) in [6, 6.07) is 16.3. The third kappa shape index (κ3) is 2.67. The predicted molar refractivity (Wildman–Crippen MR) is 96.6 cm³/mol. The van der Waals surface area contributed by atoms with Crippen LogP contribution in [-0.4, -0.2) is 9.91 Å². The summed E-state index contributed by atoms with van der Waals surface area (Å²) in [6.45, 7) is 1.98. The normalized spacial score (nSPS) is 12.4. The van der Waals surface area contributed by atoms with Gasteiger partial charge in [-0.3, -0.25) is 15.1 Å². The number of hydrogen-bond acceptors (Lipinski definition) is 5. The van der Waals surface area contributed by atoms with Crippen LogP contribution in [0.15, 0.2) is 65.2 Å². The topological polar surface area (TPSA) is 81.2 Å². The Morgan fingerprint density at radius 1 is 1.16 bits per heavy atom. The van der Waals surface area contributed by atoms with Gasteiger partial charge >= 0.3 is 0 Å². The summed E-state index contributed by atoms with van der Waals surface area (Å²) in [6.07, 6.45) is 1.63. The number of nitrogens with zero attached hydrogens (tertiary/aromatic N) is 2. The second-order valence-corrected chi connectivity index (χ2v) is 5.84. The summed E-state index contributed by atoms with van der Waals surface area (Å²) in [5, 5.41) is 16.1. The van der Waals surface area contributed by atoms with Crippen molar-refractivity contribution >= 4 is 33.2 Å². The molecule has 0 fully saturated rings. The number of rotatable bonds is 4. The van der Waals surface area contributed by atoms with E-state index in [0.717, 1.165) is 22.4 Å². The third-order valence-electron chi connectivity index (χ3n) is 4.19. The molecule has 0 bridgehead atoms. The highest BCUT2D eigenvalue weighted by molar-refractivity contribution is 5.96. The molecule has 0 saturated carbocycles. The number of furan rings is 1. The summed E-state index contributed by atoms with van der Waals surface area (Å²) in [4.78, 5) is 15.1. The van der Waals surface area contributed by atoms with Crippen LogP contribution in [0, 0.1) is 10.1 Å². The molecule has 0 aliphatic carbocycles. The first-order valence-electron chi connectivity index (χ1n) is 7.90. The summed E-state index contributed by atoms with van der Waals surface area (Å²) in [5.74, 6) is 0.795. The van der Waals surface area contributed by atoms with Gasteiger partial charge in [-0.1, -0.05) is 18.2 Å². The van der Waals surface area contributed by atoms with Crippen molar-refractivity contribution in [2.24, 2.45) is 0 Å². The van der Waals surface area contributed by atoms with Crippen LogP contribution in [0.4, 0.5) is 11.4 Å². The molecule has 124 valence electrons. The van der Waals surface area contributed by atoms with Gasteiger partial charge < -0.3 is 9.73 Å². The van der Waals surface area contributed by atoms with E-state index in [2.05, 4.69) is 10.3 Å². The molecule has 2 aromatic heterocycles. The number of nitro benzene ring substituents is 1. The number of non-ortho nitro benzene ring substituents is 1. The minimum absolute atomic E-state index is 0.0463. The van der Waals surface area contributed by atoms with Crippen molar-refractivity contribution in [2.75, 3.05) is 5.32 Å². The molecule has 2 heterocycles. The Kier molecular flexibility index (Phi) is 3.57. The van der Waals surface area contributed by atoms with Crippen LogP contribution >= 0.6 is 0 Å². The van der Waals surface area contributed by atoms with Crippen LogP contribution in [0.3, 0.4) is 0 Å². The molecule has 4 aromatic rings. The Hall–Kier alpha value is -3.41. The molecule has 2 aromatic carbocycles. The van der Waals surface area contributed by atoms with E-state index < -0.39 is 4.92 Å². The molecule has 0 aliphatic heterocycles. The molecule has 1 atom stereocenters. The second kappa shape index (κ2) is 5.90. The lowest BCUT2D eigenvalue weighted by Gasteiger charge is -2.14. The summed E-state index contributed by atoms with van der Waals surface area (Å²) in [5.41, 5.74) is 2.18. The first-order valence-corrected chi connectivity index (χ1v) is 7.90. The lowest BCUT2D eigenvalue weighted by molar-refractivity contribution is -0.383. The van der Waals surface area contributed by atoms with Crippen LogP contribution in [0.25, 0.3) is 21.9 Å². The number of pyridine rings is 1. The number of hydrogen-bond donors (Lipinski definition) is 1. The summed E-state index contributed by atoms with van der Waals surface area (Å²) < 4.78 is 5.88. The standard InChI is InChI=1S/C19H15N3O3/c1-12(18-11-13-5-2-3-7-17(13)25-18)21-15-8-9-16(22(23)24)14-6-4-10-20-19(14)15/h2-12,21H,1H3/t12-/m1/s1. The zero-order valence-corrected chi connectivity index (χ0v) is 13.5. The fourth-order valence-corrected chi connectivity index (χ4v) is 2.95. The number of aromatic nitrogens is 1. The number of benzene rings is 2. The van der Waals surface area contributed by atoms with Crippen LogP contribution < -0.4 is 5.32 Å². The SMILES string of the molecule is C[C@@H](Nc1ccc([N+](=O)[O-])c2cccnc12)c1cc2ccccc2o1. The van der Waals surface area contributed by atoms with Crippen LogP contribution in [-0.2, 0) is 0 Å². The summed E-state index contributed by atoms with van der Waals surface area (Å²) in [7, 11) is 0. The highest BCUT2D eigenvalue weighted by Gasteiger charge is 2.17. The quantitative estimate of drug-likeness (QED) is 0.417. The maximum Gasteiger partial charge on any atom is 0.278 e. The largest absolute Gasteiger partial charge is 0.459 e. The van der Waals surface area contributed by atoms with Gasteiger partial charge in [0.2, 0.25) is 0 Å². The van der Waals surface area contributed by atoms with Gasteiger partial charge in [0.25, 0.3) is 5.69 Å². The number of anilines is 1. The van der Waals surface area contributed by atoms with Gasteiger partial charge in [0.05, 0.1) is 22.0 Å². The van der Waals surface area contributed by atoms with Crippen molar-refractivity contribution in [1.82, 2.24) is 4.98 Å². The Morgan fingerprint density at radius 2 is 2.00 bits per heavy atom. The van der Waals surface area contributed by atoms with E-state index >= 15 is 0 Å². The highest BCUT2D eigenvalue weighted by atomic mass is 16.6. The maximum atomic E-state index is 11.2. The van der Waals surface area contributed by atoms with Gasteiger partial charge in [-0.05, 0) is 37.3 Å². The van der Waals surface area contributed by atoms with E-state index in [4.69, 9.17) is 4.42 Å². The van der Waals surface area contributed by atoms with E-state index in [1.807, 2.05) is 37.3 Å². The van der Waals surface area contributed by atoms with E-state index in [0.29, 0.717) is 10.9 Å². The lowest BCUT2D eigenvalue weighted by atomic mass is 10.1. The van der Waals surface area contributed by atoms with Gasteiger partial charge in [0.15, 0.2) is 0 Å². The molecule has 6 heteroatoms. The Labute approximate surface area is 143 Å². The van der Waals surface area contributed by atoms with E-state index in [1.54, 1.807) is 24.4 Å². The van der Waals surface area contributed by atoms with Crippen molar-refractivity contribution in [3.05, 3.63) is 76.7 Å². The molecular weight excluding hydrogens is 318 g/mol. The molecule has 0 unspecified atom stereocenters. The van der Waals surface area contributed by atoms with Gasteiger partial charge in [-0.2, -0.15) is 0 Å². The molecule has 25 heavy (non-hydrogen) atoms. The van der Waals surface area contributed by atoms with Gasteiger partial charge in [0.1, 0.15) is 16.9 Å². The summed E-state index contributed by atoms with van der Waals surface area (Å²) >= 11 is 0. The van der Waals surface area contributed by atoms with Gasteiger partial charge in [-0.25, -0.2) is 0 Å². The molecule has 4 rings (SSSR count). The van der Waals surface area contributed by atoms with Crippen LogP contribution in [0.5, 0.6) is 0 Å². The van der Waals surface area contributed by atoms with Crippen molar-refractivity contribution < 1.29 is 9.34 Å². The predicted octanol–water partition coefficient (Wildman–Crippen LogP) is 5.06. The van der Waals surface area contributed by atoms with Crippen molar-refractivity contribution in [1.29, 1.82) is 0 Å². The zero-order valence-electron chi connectivity index (χ0n) is 13.5. The molecular formula is C19H15N3O3. The molecule has 1 N–H and O–H groups in total. The van der Waals surface area contributed by atoms with Crippen LogP contribution in [0.2, 0.25) is 0 Å². The van der Waals surface area contributed by atoms with Crippen molar-refractivity contribution in [3.8, 4) is 0 Å². The lowest BCUT2D eigenvalue weighted by Crippen LogP contribution is -2.06. The number of para-hydroxylation sites is 1. The monoisotopic (exact) mass is 333 g/mol.